The van der Waals surface area contributed by atoms with Gasteiger partial charge in [0.1, 0.15) is 11.9 Å². The van der Waals surface area contributed by atoms with E-state index in [1.54, 1.807) is 0 Å². The van der Waals surface area contributed by atoms with Gasteiger partial charge in [-0.2, -0.15) is 0 Å². The maximum Gasteiger partial charge on any atom is 0.327 e. The van der Waals surface area contributed by atoms with E-state index in [1.165, 1.54) is 0 Å². The summed E-state index contributed by atoms with van der Waals surface area (Å²) in [6.45, 7) is 3.90. The number of hydrogen-bond donors (Lipinski definition) is 0. The zero-order valence-electron chi connectivity index (χ0n) is 6.39. The Morgan fingerprint density at radius 1 is 1.70 bits per heavy atom. The topological polar surface area (TPSA) is 26.3 Å². The molecule has 0 aromatic heterocycles. The van der Waals surface area contributed by atoms with Crippen molar-refractivity contribution in [2.75, 3.05) is 0 Å². The third-order valence-electron chi connectivity index (χ3n) is 1.47. The molecule has 0 heterocycles. The van der Waals surface area contributed by atoms with Gasteiger partial charge in [-0.15, -0.1) is 0 Å². The lowest BCUT2D eigenvalue weighted by Gasteiger charge is -2.04. The highest BCUT2D eigenvalue weighted by Gasteiger charge is 2.12. The van der Waals surface area contributed by atoms with Crippen molar-refractivity contribution >= 4 is 17.8 Å². The van der Waals surface area contributed by atoms with Crippen molar-refractivity contribution in [3.05, 3.63) is 0 Å². The maximum absolute atomic E-state index is 10.7. The molecule has 0 aliphatic rings. The highest BCUT2D eigenvalue weighted by Crippen LogP contribution is 2.09. The lowest BCUT2D eigenvalue weighted by Crippen LogP contribution is -2.09. The van der Waals surface area contributed by atoms with Gasteiger partial charge in [0.15, 0.2) is 0 Å². The molecule has 0 fully saturated rings. The van der Waals surface area contributed by atoms with Crippen LogP contribution in [0, 0.1) is 5.92 Å². The van der Waals surface area contributed by atoms with Crippen molar-refractivity contribution in [2.45, 2.75) is 33.1 Å². The predicted molar refractivity (Wildman–Crippen MR) is 40.6 cm³/mol. The second-order valence-corrected chi connectivity index (χ2v) is 2.59. The van der Waals surface area contributed by atoms with Gasteiger partial charge in [-0.25, -0.2) is 0 Å². The predicted octanol–water partition coefficient (Wildman–Crippen LogP) is 2.51. The van der Waals surface area contributed by atoms with Gasteiger partial charge in [-0.3, -0.25) is 4.79 Å². The van der Waals surface area contributed by atoms with Crippen LogP contribution in [-0.2, 0) is 9.08 Å². The molecule has 0 spiro atoms. The maximum atomic E-state index is 10.7. The van der Waals surface area contributed by atoms with Crippen molar-refractivity contribution in [3.63, 3.8) is 0 Å². The van der Waals surface area contributed by atoms with E-state index in [0.717, 1.165) is 19.3 Å². The molecule has 0 saturated carbocycles. The van der Waals surface area contributed by atoms with Crippen LogP contribution in [0.1, 0.15) is 33.1 Å². The van der Waals surface area contributed by atoms with Gasteiger partial charge in [0.25, 0.3) is 0 Å². The molecule has 0 amide bonds. The molecular weight excluding hydrogens is 152 g/mol. The van der Waals surface area contributed by atoms with Gasteiger partial charge < -0.3 is 4.29 Å². The molecule has 0 aromatic carbocycles. The standard InChI is InChI=1S/C7H13ClO2/c1-3-4-5-6(2)7(9)10-8/h6H,3-5H2,1-2H3. The van der Waals surface area contributed by atoms with Gasteiger partial charge in [-0.1, -0.05) is 26.7 Å². The van der Waals surface area contributed by atoms with E-state index < -0.39 is 0 Å². The molecule has 0 aromatic rings. The Labute approximate surface area is 66.7 Å². The largest absolute Gasteiger partial charge is 0.347 e. The van der Waals surface area contributed by atoms with Crippen LogP contribution in [0.2, 0.25) is 0 Å². The first-order chi connectivity index (χ1) is 4.72. The minimum absolute atomic E-state index is 0.0579. The highest BCUT2D eigenvalue weighted by atomic mass is 35.5. The van der Waals surface area contributed by atoms with E-state index >= 15 is 0 Å². The fraction of sp³-hybridized carbons (Fsp3) is 0.857. The third kappa shape index (κ3) is 3.72. The molecule has 1 unspecified atom stereocenters. The van der Waals surface area contributed by atoms with Crippen molar-refractivity contribution in [2.24, 2.45) is 5.92 Å². The molecule has 0 aliphatic carbocycles. The summed E-state index contributed by atoms with van der Waals surface area (Å²) >= 11 is 4.88. The van der Waals surface area contributed by atoms with Crippen molar-refractivity contribution in [1.29, 1.82) is 0 Å². The number of halogens is 1. The van der Waals surface area contributed by atoms with Crippen LogP contribution < -0.4 is 0 Å². The van der Waals surface area contributed by atoms with Crippen LogP contribution in [0.3, 0.4) is 0 Å². The lowest BCUT2D eigenvalue weighted by molar-refractivity contribution is -0.138. The number of carbonyl (C=O) groups is 1. The van der Waals surface area contributed by atoms with Crippen molar-refractivity contribution in [3.8, 4) is 0 Å². The molecule has 2 nitrogen and oxygen atoms in total. The summed E-state index contributed by atoms with van der Waals surface area (Å²) in [6.07, 6.45) is 3.01. The summed E-state index contributed by atoms with van der Waals surface area (Å²) in [7, 11) is 0. The van der Waals surface area contributed by atoms with Gasteiger partial charge in [0, 0.05) is 0 Å². The van der Waals surface area contributed by atoms with Gasteiger partial charge >= 0.3 is 5.97 Å². The minimum atomic E-state index is -0.324. The second kappa shape index (κ2) is 5.54. The number of unbranched alkanes of at least 4 members (excludes halogenated alkanes) is 1. The summed E-state index contributed by atoms with van der Waals surface area (Å²) in [5.41, 5.74) is 0. The summed E-state index contributed by atoms with van der Waals surface area (Å²) in [4.78, 5) is 10.7. The van der Waals surface area contributed by atoms with Crippen LogP contribution in [0.25, 0.3) is 0 Å². The quantitative estimate of drug-likeness (QED) is 0.638. The SMILES string of the molecule is CCCCC(C)C(=O)OCl. The molecule has 0 radical (unpaired) electrons. The van der Waals surface area contributed by atoms with E-state index in [9.17, 15) is 4.79 Å². The Bertz CT molecular complexity index is 104. The van der Waals surface area contributed by atoms with Crippen LogP contribution in [-0.4, -0.2) is 5.97 Å². The fourth-order valence-electron chi connectivity index (χ4n) is 0.704. The van der Waals surface area contributed by atoms with E-state index in [0.29, 0.717) is 0 Å². The molecule has 0 aliphatic heterocycles. The molecule has 3 heteroatoms. The number of carbonyl (C=O) groups excluding carboxylic acids is 1. The van der Waals surface area contributed by atoms with Crippen LogP contribution in [0.15, 0.2) is 0 Å². The Balaban J connectivity index is 3.41. The third-order valence-corrected chi connectivity index (χ3v) is 1.62. The van der Waals surface area contributed by atoms with Crippen molar-refractivity contribution < 1.29 is 9.08 Å². The van der Waals surface area contributed by atoms with Crippen LogP contribution in [0.5, 0.6) is 0 Å². The van der Waals surface area contributed by atoms with E-state index in [4.69, 9.17) is 11.9 Å². The molecule has 1 atom stereocenters. The first-order valence-electron chi connectivity index (χ1n) is 3.54. The van der Waals surface area contributed by atoms with E-state index in [1.807, 2.05) is 6.92 Å². The first kappa shape index (κ1) is 9.76. The molecule has 0 N–H and O–H groups in total. The average molecular weight is 165 g/mol. The Morgan fingerprint density at radius 2 is 2.30 bits per heavy atom. The number of rotatable bonds is 4. The Kier molecular flexibility index (Phi) is 5.40. The molecule has 60 valence electrons. The monoisotopic (exact) mass is 164 g/mol. The normalized spacial score (nSPS) is 12.7. The van der Waals surface area contributed by atoms with Gasteiger partial charge in [0.2, 0.25) is 0 Å². The highest BCUT2D eigenvalue weighted by molar-refractivity contribution is 6.13. The van der Waals surface area contributed by atoms with E-state index in [2.05, 4.69) is 11.2 Å². The molecular formula is C7H13ClO2. The zero-order chi connectivity index (χ0) is 7.98. The number of hydrogen-bond acceptors (Lipinski definition) is 2. The van der Waals surface area contributed by atoms with Gasteiger partial charge in [-0.05, 0) is 6.42 Å². The molecule has 0 bridgehead atoms. The summed E-state index contributed by atoms with van der Waals surface area (Å²) in [6, 6.07) is 0. The first-order valence-corrected chi connectivity index (χ1v) is 3.85. The lowest BCUT2D eigenvalue weighted by atomic mass is 10.1. The Morgan fingerprint density at radius 3 is 2.70 bits per heavy atom. The van der Waals surface area contributed by atoms with Gasteiger partial charge in [0.05, 0.1) is 5.92 Å². The fourth-order valence-corrected chi connectivity index (χ4v) is 0.856. The van der Waals surface area contributed by atoms with Crippen LogP contribution >= 0.6 is 11.9 Å². The summed E-state index contributed by atoms with van der Waals surface area (Å²) < 4.78 is 4.04. The molecule has 10 heavy (non-hydrogen) atoms. The summed E-state index contributed by atoms with van der Waals surface area (Å²) in [5, 5.41) is 0. The Hall–Kier alpha value is -0.240. The molecule has 0 rings (SSSR count). The molecule has 0 saturated heterocycles. The van der Waals surface area contributed by atoms with Crippen LogP contribution in [0.4, 0.5) is 0 Å². The average Bonchev–Trinajstić information content (AvgIpc) is 1.98. The summed E-state index contributed by atoms with van der Waals surface area (Å²) in [5.74, 6) is -0.382. The van der Waals surface area contributed by atoms with Crippen molar-refractivity contribution in [1.82, 2.24) is 0 Å². The smallest absolute Gasteiger partial charge is 0.327 e. The minimum Gasteiger partial charge on any atom is -0.347 e. The zero-order valence-corrected chi connectivity index (χ0v) is 7.15. The van der Waals surface area contributed by atoms with E-state index in [-0.39, 0.29) is 11.9 Å². The second-order valence-electron chi connectivity index (χ2n) is 2.44.